The summed E-state index contributed by atoms with van der Waals surface area (Å²) < 4.78 is 0. The molecule has 0 unspecified atom stereocenters. The lowest BCUT2D eigenvalue weighted by atomic mass is 10.1. The Morgan fingerprint density at radius 2 is 2.20 bits per heavy atom. The van der Waals surface area contributed by atoms with Crippen LogP contribution in [-0.4, -0.2) is 11.8 Å². The number of Topliss-reactive ketones (excluding diaryl/α,β-unsaturated/α-hetero) is 1. The second-order valence-corrected chi connectivity index (χ2v) is 6.10. The van der Waals surface area contributed by atoms with Gasteiger partial charge in [0.05, 0.1) is 0 Å². The smallest absolute Gasteiger partial charge is 0.161 e. The molecule has 3 rings (SSSR count). The number of carbonyl (C=O) groups excluding carboxylic acids is 1. The zero-order valence-electron chi connectivity index (χ0n) is 11.5. The average Bonchev–Trinajstić information content (AvgIpc) is 3.12. The quantitative estimate of drug-likeness (QED) is 0.673. The SMILES string of the molecule is CC(=O)c1ccc(N(Cc2ccsc2)C2CC2)cc1N. The van der Waals surface area contributed by atoms with Crippen LogP contribution in [0.4, 0.5) is 11.4 Å². The Kier molecular flexibility index (Phi) is 3.49. The van der Waals surface area contributed by atoms with Crippen molar-refractivity contribution in [2.45, 2.75) is 32.4 Å². The molecule has 1 aromatic carbocycles. The van der Waals surface area contributed by atoms with Crippen LogP contribution in [0.25, 0.3) is 0 Å². The molecule has 1 aromatic heterocycles. The molecule has 0 aliphatic heterocycles. The first-order chi connectivity index (χ1) is 9.65. The van der Waals surface area contributed by atoms with E-state index in [0.717, 1.165) is 12.2 Å². The van der Waals surface area contributed by atoms with E-state index in [1.807, 2.05) is 18.2 Å². The van der Waals surface area contributed by atoms with E-state index in [4.69, 9.17) is 5.73 Å². The zero-order valence-corrected chi connectivity index (χ0v) is 12.3. The predicted octanol–water partition coefficient (Wildman–Crippen LogP) is 3.70. The number of benzene rings is 1. The van der Waals surface area contributed by atoms with Crippen LogP contribution in [0.1, 0.15) is 35.7 Å². The molecule has 2 aromatic rings. The summed E-state index contributed by atoms with van der Waals surface area (Å²) in [7, 11) is 0. The van der Waals surface area contributed by atoms with Gasteiger partial charge in [-0.15, -0.1) is 0 Å². The Hall–Kier alpha value is -1.81. The molecule has 1 fully saturated rings. The molecule has 4 heteroatoms. The summed E-state index contributed by atoms with van der Waals surface area (Å²) >= 11 is 1.72. The standard InChI is InChI=1S/C16H18N2OS/c1-11(19)15-5-4-14(8-16(15)17)18(13-2-3-13)9-12-6-7-20-10-12/h4-8,10,13H,2-3,9,17H2,1H3. The Morgan fingerprint density at radius 1 is 1.40 bits per heavy atom. The summed E-state index contributed by atoms with van der Waals surface area (Å²) in [6, 6.07) is 8.56. The molecule has 20 heavy (non-hydrogen) atoms. The zero-order chi connectivity index (χ0) is 14.1. The van der Waals surface area contributed by atoms with Crippen molar-refractivity contribution in [2.75, 3.05) is 10.6 Å². The van der Waals surface area contributed by atoms with Crippen molar-refractivity contribution in [2.24, 2.45) is 0 Å². The second kappa shape index (κ2) is 5.29. The summed E-state index contributed by atoms with van der Waals surface area (Å²) in [5.74, 6) is 0.0184. The third-order valence-electron chi connectivity index (χ3n) is 3.67. The Morgan fingerprint density at radius 3 is 2.75 bits per heavy atom. The third kappa shape index (κ3) is 2.70. The molecule has 0 radical (unpaired) electrons. The molecule has 0 spiro atoms. The summed E-state index contributed by atoms with van der Waals surface area (Å²) in [4.78, 5) is 13.8. The number of thiophene rings is 1. The third-order valence-corrected chi connectivity index (χ3v) is 4.40. The number of carbonyl (C=O) groups is 1. The van der Waals surface area contributed by atoms with Crippen LogP contribution in [0.15, 0.2) is 35.0 Å². The fraction of sp³-hybridized carbons (Fsp3) is 0.312. The van der Waals surface area contributed by atoms with Crippen LogP contribution in [0.5, 0.6) is 0 Å². The predicted molar refractivity (Wildman–Crippen MR) is 84.4 cm³/mol. The molecule has 2 N–H and O–H groups in total. The van der Waals surface area contributed by atoms with Gasteiger partial charge in [-0.05, 0) is 60.4 Å². The summed E-state index contributed by atoms with van der Waals surface area (Å²) in [5, 5.41) is 4.29. The van der Waals surface area contributed by atoms with Gasteiger partial charge in [0, 0.05) is 29.5 Å². The van der Waals surface area contributed by atoms with Crippen molar-refractivity contribution in [1.29, 1.82) is 0 Å². The van der Waals surface area contributed by atoms with Gasteiger partial charge in [0.2, 0.25) is 0 Å². The van der Waals surface area contributed by atoms with Gasteiger partial charge in [-0.2, -0.15) is 11.3 Å². The van der Waals surface area contributed by atoms with Crippen LogP contribution in [0.3, 0.4) is 0 Å². The van der Waals surface area contributed by atoms with Gasteiger partial charge < -0.3 is 10.6 Å². The van der Waals surface area contributed by atoms with Crippen molar-refractivity contribution >= 4 is 28.5 Å². The summed E-state index contributed by atoms with van der Waals surface area (Å²) in [5.41, 5.74) is 9.64. The average molecular weight is 286 g/mol. The van der Waals surface area contributed by atoms with E-state index in [2.05, 4.69) is 21.7 Å². The highest BCUT2D eigenvalue weighted by Crippen LogP contribution is 2.34. The Labute approximate surface area is 123 Å². The van der Waals surface area contributed by atoms with E-state index < -0.39 is 0 Å². The molecular formula is C16H18N2OS. The van der Waals surface area contributed by atoms with Gasteiger partial charge in [-0.3, -0.25) is 4.79 Å². The molecule has 1 aliphatic carbocycles. The van der Waals surface area contributed by atoms with Gasteiger partial charge in [0.1, 0.15) is 0 Å². The minimum Gasteiger partial charge on any atom is -0.398 e. The van der Waals surface area contributed by atoms with Gasteiger partial charge in [-0.25, -0.2) is 0 Å². The maximum Gasteiger partial charge on any atom is 0.161 e. The van der Waals surface area contributed by atoms with E-state index in [-0.39, 0.29) is 5.78 Å². The highest BCUT2D eigenvalue weighted by Gasteiger charge is 2.29. The van der Waals surface area contributed by atoms with E-state index in [1.54, 1.807) is 18.3 Å². The first-order valence-electron chi connectivity index (χ1n) is 6.83. The number of anilines is 2. The lowest BCUT2D eigenvalue weighted by Crippen LogP contribution is -2.25. The molecule has 1 aliphatic rings. The largest absolute Gasteiger partial charge is 0.398 e. The Bertz CT molecular complexity index is 617. The molecule has 0 amide bonds. The highest BCUT2D eigenvalue weighted by molar-refractivity contribution is 7.07. The van der Waals surface area contributed by atoms with Crippen LogP contribution < -0.4 is 10.6 Å². The molecule has 3 nitrogen and oxygen atoms in total. The van der Waals surface area contributed by atoms with Gasteiger partial charge in [0.15, 0.2) is 5.78 Å². The fourth-order valence-electron chi connectivity index (χ4n) is 2.45. The van der Waals surface area contributed by atoms with Crippen molar-refractivity contribution < 1.29 is 4.79 Å². The number of nitrogens with two attached hydrogens (primary N) is 1. The molecule has 0 saturated heterocycles. The Balaban J connectivity index is 1.88. The number of nitrogen functional groups attached to an aromatic ring is 1. The van der Waals surface area contributed by atoms with E-state index in [0.29, 0.717) is 17.3 Å². The number of hydrogen-bond donors (Lipinski definition) is 1. The van der Waals surface area contributed by atoms with E-state index in [1.165, 1.54) is 18.4 Å². The molecule has 1 heterocycles. The van der Waals surface area contributed by atoms with Gasteiger partial charge >= 0.3 is 0 Å². The molecule has 1 saturated carbocycles. The first kappa shape index (κ1) is 13.2. The maximum atomic E-state index is 11.5. The van der Waals surface area contributed by atoms with Crippen LogP contribution in [0, 0.1) is 0 Å². The molecular weight excluding hydrogens is 268 g/mol. The highest BCUT2D eigenvalue weighted by atomic mass is 32.1. The van der Waals surface area contributed by atoms with Gasteiger partial charge in [-0.1, -0.05) is 0 Å². The number of nitrogens with zero attached hydrogens (tertiary/aromatic N) is 1. The molecule has 0 atom stereocenters. The summed E-state index contributed by atoms with van der Waals surface area (Å²) in [6.07, 6.45) is 2.47. The van der Waals surface area contributed by atoms with Crippen molar-refractivity contribution in [3.63, 3.8) is 0 Å². The molecule has 104 valence electrons. The van der Waals surface area contributed by atoms with Gasteiger partial charge in [0.25, 0.3) is 0 Å². The monoisotopic (exact) mass is 286 g/mol. The van der Waals surface area contributed by atoms with E-state index >= 15 is 0 Å². The number of ketones is 1. The number of hydrogen-bond acceptors (Lipinski definition) is 4. The second-order valence-electron chi connectivity index (χ2n) is 5.32. The topological polar surface area (TPSA) is 46.3 Å². The van der Waals surface area contributed by atoms with Crippen LogP contribution >= 0.6 is 11.3 Å². The van der Waals surface area contributed by atoms with Crippen molar-refractivity contribution in [1.82, 2.24) is 0 Å². The van der Waals surface area contributed by atoms with Crippen molar-refractivity contribution in [3.05, 3.63) is 46.2 Å². The lowest BCUT2D eigenvalue weighted by Gasteiger charge is -2.25. The minimum absolute atomic E-state index is 0.0184. The minimum atomic E-state index is 0.0184. The normalized spacial score (nSPS) is 14.2. The fourth-order valence-corrected chi connectivity index (χ4v) is 3.11. The number of rotatable bonds is 5. The lowest BCUT2D eigenvalue weighted by molar-refractivity contribution is 0.101. The molecule has 0 bridgehead atoms. The van der Waals surface area contributed by atoms with E-state index in [9.17, 15) is 4.79 Å². The van der Waals surface area contributed by atoms with Crippen molar-refractivity contribution in [3.8, 4) is 0 Å². The summed E-state index contributed by atoms with van der Waals surface area (Å²) in [6.45, 7) is 2.46. The maximum absolute atomic E-state index is 11.5. The van der Waals surface area contributed by atoms with Crippen LogP contribution in [0.2, 0.25) is 0 Å². The van der Waals surface area contributed by atoms with Crippen LogP contribution in [-0.2, 0) is 6.54 Å². The first-order valence-corrected chi connectivity index (χ1v) is 7.77.